The lowest BCUT2D eigenvalue weighted by molar-refractivity contribution is 0.0755. The van der Waals surface area contributed by atoms with Gasteiger partial charge in [0, 0.05) is 13.6 Å². The van der Waals surface area contributed by atoms with Crippen LogP contribution in [0.3, 0.4) is 0 Å². The van der Waals surface area contributed by atoms with Crippen molar-refractivity contribution in [2.45, 2.75) is 18.9 Å². The molecule has 1 saturated heterocycles. The van der Waals surface area contributed by atoms with E-state index >= 15 is 0 Å². The summed E-state index contributed by atoms with van der Waals surface area (Å²) in [6.45, 7) is 0.669. The van der Waals surface area contributed by atoms with Crippen LogP contribution in [-0.4, -0.2) is 32.9 Å². The van der Waals surface area contributed by atoms with Crippen molar-refractivity contribution in [3.05, 3.63) is 18.2 Å². The Balaban J connectivity index is 2.22. The summed E-state index contributed by atoms with van der Waals surface area (Å²) in [5, 5.41) is 8.89. The molecule has 1 atom stereocenters. The quantitative estimate of drug-likeness (QED) is 0.671. The van der Waals surface area contributed by atoms with Gasteiger partial charge in [0.05, 0.1) is 18.6 Å². The first-order chi connectivity index (χ1) is 7.24. The van der Waals surface area contributed by atoms with E-state index in [4.69, 9.17) is 5.26 Å². The second-order valence-electron chi connectivity index (χ2n) is 3.68. The number of nitriles is 1. The van der Waals surface area contributed by atoms with Gasteiger partial charge in [0.1, 0.15) is 11.7 Å². The lowest BCUT2D eigenvalue weighted by Crippen LogP contribution is -2.35. The molecule has 0 N–H and O–H groups in total. The fourth-order valence-electron chi connectivity index (χ4n) is 1.85. The predicted molar refractivity (Wildman–Crippen MR) is 52.9 cm³/mol. The minimum atomic E-state index is -0.271. The Hall–Kier alpha value is -1.83. The zero-order valence-electron chi connectivity index (χ0n) is 8.55. The number of aryl methyl sites for hydroxylation is 1. The molecule has 0 spiro atoms. The van der Waals surface area contributed by atoms with Gasteiger partial charge in [0.15, 0.2) is 0 Å². The fraction of sp³-hybridized carbons (Fsp3) is 0.500. The predicted octanol–water partition coefficient (Wildman–Crippen LogP) is 0.548. The Morgan fingerprint density at radius 1 is 1.73 bits per heavy atom. The van der Waals surface area contributed by atoms with Crippen LogP contribution in [-0.2, 0) is 7.05 Å². The molecule has 0 bridgehead atoms. The summed E-state index contributed by atoms with van der Waals surface area (Å²) in [6.07, 6.45) is 4.81. The van der Waals surface area contributed by atoms with E-state index in [1.807, 2.05) is 0 Å². The van der Waals surface area contributed by atoms with Crippen LogP contribution in [0.15, 0.2) is 12.5 Å². The first-order valence-electron chi connectivity index (χ1n) is 4.91. The third-order valence-electron chi connectivity index (χ3n) is 2.70. The van der Waals surface area contributed by atoms with E-state index in [0.29, 0.717) is 12.2 Å². The van der Waals surface area contributed by atoms with Crippen molar-refractivity contribution >= 4 is 5.91 Å². The van der Waals surface area contributed by atoms with Gasteiger partial charge in [-0.3, -0.25) is 4.79 Å². The molecule has 1 aromatic rings. The minimum Gasteiger partial charge on any atom is -0.330 e. The zero-order chi connectivity index (χ0) is 10.8. The molecule has 1 aliphatic rings. The number of nitrogens with zero attached hydrogens (tertiary/aromatic N) is 4. The average Bonchev–Trinajstić information content (AvgIpc) is 2.84. The Morgan fingerprint density at radius 2 is 2.53 bits per heavy atom. The van der Waals surface area contributed by atoms with Crippen molar-refractivity contribution in [1.29, 1.82) is 5.26 Å². The van der Waals surface area contributed by atoms with Crippen LogP contribution in [0.25, 0.3) is 0 Å². The first-order valence-corrected chi connectivity index (χ1v) is 4.91. The average molecular weight is 204 g/mol. The van der Waals surface area contributed by atoms with Crippen molar-refractivity contribution in [2.24, 2.45) is 7.05 Å². The zero-order valence-corrected chi connectivity index (χ0v) is 8.55. The molecule has 1 unspecified atom stereocenters. The highest BCUT2D eigenvalue weighted by Crippen LogP contribution is 2.18. The molecule has 0 saturated carbocycles. The van der Waals surface area contributed by atoms with Gasteiger partial charge in [-0.25, -0.2) is 4.98 Å². The maximum atomic E-state index is 12.0. The van der Waals surface area contributed by atoms with Crippen molar-refractivity contribution in [3.8, 4) is 6.07 Å². The third kappa shape index (κ3) is 1.59. The SMILES string of the molecule is Cn1cncc1C(=O)N1CCCC1C#N. The smallest absolute Gasteiger partial charge is 0.273 e. The van der Waals surface area contributed by atoms with Crippen LogP contribution < -0.4 is 0 Å². The second kappa shape index (κ2) is 3.73. The van der Waals surface area contributed by atoms with Crippen molar-refractivity contribution < 1.29 is 4.79 Å². The first kappa shape index (κ1) is 9.71. The van der Waals surface area contributed by atoms with Crippen molar-refractivity contribution in [1.82, 2.24) is 14.5 Å². The number of hydrogen-bond acceptors (Lipinski definition) is 3. The number of carbonyl (C=O) groups excluding carboxylic acids is 1. The van der Waals surface area contributed by atoms with Crippen LogP contribution >= 0.6 is 0 Å². The molecule has 2 rings (SSSR count). The minimum absolute atomic E-state index is 0.0981. The van der Waals surface area contributed by atoms with E-state index in [0.717, 1.165) is 12.8 Å². The molecule has 2 heterocycles. The molecule has 1 aromatic heterocycles. The Bertz CT molecular complexity index is 417. The Labute approximate surface area is 87.9 Å². The van der Waals surface area contributed by atoms with Gasteiger partial charge in [0.2, 0.25) is 0 Å². The summed E-state index contributed by atoms with van der Waals surface area (Å²) in [5.74, 6) is -0.0981. The van der Waals surface area contributed by atoms with Crippen LogP contribution in [0.2, 0.25) is 0 Å². The maximum Gasteiger partial charge on any atom is 0.273 e. The second-order valence-corrected chi connectivity index (χ2v) is 3.68. The van der Waals surface area contributed by atoms with Crippen molar-refractivity contribution in [3.63, 3.8) is 0 Å². The molecule has 5 nitrogen and oxygen atoms in total. The van der Waals surface area contributed by atoms with Gasteiger partial charge in [-0.15, -0.1) is 0 Å². The lowest BCUT2D eigenvalue weighted by Gasteiger charge is -2.19. The molecule has 0 radical (unpaired) electrons. The molecule has 0 aliphatic carbocycles. The summed E-state index contributed by atoms with van der Waals surface area (Å²) in [4.78, 5) is 17.5. The molecule has 5 heteroatoms. The topological polar surface area (TPSA) is 61.9 Å². The number of likely N-dealkylation sites (tertiary alicyclic amines) is 1. The van der Waals surface area contributed by atoms with Gasteiger partial charge in [-0.05, 0) is 12.8 Å². The number of imidazole rings is 1. The summed E-state index contributed by atoms with van der Waals surface area (Å²) in [7, 11) is 1.78. The molecule has 1 amide bonds. The van der Waals surface area contributed by atoms with Gasteiger partial charge >= 0.3 is 0 Å². The molecule has 15 heavy (non-hydrogen) atoms. The largest absolute Gasteiger partial charge is 0.330 e. The normalized spacial score (nSPS) is 20.3. The Kier molecular flexibility index (Phi) is 2.42. The van der Waals surface area contributed by atoms with Crippen LogP contribution in [0.5, 0.6) is 0 Å². The summed E-state index contributed by atoms with van der Waals surface area (Å²) < 4.78 is 1.68. The van der Waals surface area contributed by atoms with Crippen molar-refractivity contribution in [2.75, 3.05) is 6.54 Å². The van der Waals surface area contributed by atoms with E-state index in [-0.39, 0.29) is 11.9 Å². The molecule has 1 aliphatic heterocycles. The fourth-order valence-corrected chi connectivity index (χ4v) is 1.85. The highest BCUT2D eigenvalue weighted by Gasteiger charge is 2.30. The van der Waals surface area contributed by atoms with E-state index < -0.39 is 0 Å². The van der Waals surface area contributed by atoms with Gasteiger partial charge in [-0.1, -0.05) is 0 Å². The maximum absolute atomic E-state index is 12.0. The summed E-state index contributed by atoms with van der Waals surface area (Å²) in [6, 6.07) is 1.88. The number of aromatic nitrogens is 2. The number of hydrogen-bond donors (Lipinski definition) is 0. The van der Waals surface area contributed by atoms with E-state index in [1.54, 1.807) is 22.8 Å². The van der Waals surface area contributed by atoms with E-state index in [1.165, 1.54) is 6.20 Å². The van der Waals surface area contributed by atoms with E-state index in [9.17, 15) is 4.79 Å². The summed E-state index contributed by atoms with van der Waals surface area (Å²) in [5.41, 5.74) is 0.539. The number of rotatable bonds is 1. The van der Waals surface area contributed by atoms with Gasteiger partial charge < -0.3 is 9.47 Å². The molecule has 1 fully saturated rings. The highest BCUT2D eigenvalue weighted by molar-refractivity contribution is 5.93. The monoisotopic (exact) mass is 204 g/mol. The third-order valence-corrected chi connectivity index (χ3v) is 2.70. The Morgan fingerprint density at radius 3 is 3.13 bits per heavy atom. The number of amides is 1. The summed E-state index contributed by atoms with van der Waals surface area (Å²) >= 11 is 0. The van der Waals surface area contributed by atoms with Gasteiger partial charge in [0.25, 0.3) is 5.91 Å². The van der Waals surface area contributed by atoms with Gasteiger partial charge in [-0.2, -0.15) is 5.26 Å². The molecule has 78 valence electrons. The highest BCUT2D eigenvalue weighted by atomic mass is 16.2. The standard InChI is InChI=1S/C10H12N4O/c1-13-7-12-6-9(13)10(15)14-4-2-3-8(14)5-11/h6-8H,2-4H2,1H3. The number of carbonyl (C=O) groups is 1. The van der Waals surface area contributed by atoms with Crippen LogP contribution in [0, 0.1) is 11.3 Å². The van der Waals surface area contributed by atoms with Crippen LogP contribution in [0.1, 0.15) is 23.3 Å². The lowest BCUT2D eigenvalue weighted by atomic mass is 10.2. The van der Waals surface area contributed by atoms with Crippen LogP contribution in [0.4, 0.5) is 0 Å². The molecule has 0 aromatic carbocycles. The molecular formula is C10H12N4O. The molecular weight excluding hydrogens is 192 g/mol. The van der Waals surface area contributed by atoms with E-state index in [2.05, 4.69) is 11.1 Å².